The van der Waals surface area contributed by atoms with Gasteiger partial charge in [-0.3, -0.25) is 4.68 Å². The molecule has 0 atom stereocenters. The second-order valence-electron chi connectivity index (χ2n) is 4.40. The van der Waals surface area contributed by atoms with Crippen LogP contribution in [-0.2, 0) is 18.4 Å². The number of anilines is 1. The molecular weight excluding hydrogens is 258 g/mol. The molecule has 1 heterocycles. The van der Waals surface area contributed by atoms with E-state index in [0.29, 0.717) is 11.3 Å². The Hall–Kier alpha value is -2.50. The molecule has 0 saturated carbocycles. The minimum atomic E-state index is -0.486. The molecule has 0 radical (unpaired) electrons. The lowest BCUT2D eigenvalue weighted by Gasteiger charge is -2.10. The van der Waals surface area contributed by atoms with E-state index in [-0.39, 0.29) is 12.3 Å². The van der Waals surface area contributed by atoms with Crippen molar-refractivity contribution in [2.45, 2.75) is 13.5 Å². The number of carbonyl (C=O) groups is 1. The zero-order chi connectivity index (χ0) is 14.7. The lowest BCUT2D eigenvalue weighted by molar-refractivity contribution is 0.0464. The van der Waals surface area contributed by atoms with Crippen LogP contribution in [0.5, 0.6) is 5.75 Å². The first-order valence-electron chi connectivity index (χ1n) is 6.12. The van der Waals surface area contributed by atoms with E-state index in [9.17, 15) is 4.79 Å². The van der Waals surface area contributed by atoms with Crippen molar-refractivity contribution in [2.24, 2.45) is 7.05 Å². The first-order chi connectivity index (χ1) is 9.52. The average molecular weight is 275 g/mol. The minimum absolute atomic E-state index is 0.146. The Morgan fingerprint density at radius 2 is 2.20 bits per heavy atom. The van der Waals surface area contributed by atoms with Crippen molar-refractivity contribution in [1.29, 1.82) is 0 Å². The summed E-state index contributed by atoms with van der Waals surface area (Å²) in [4.78, 5) is 12.0. The van der Waals surface area contributed by atoms with E-state index >= 15 is 0 Å². The van der Waals surface area contributed by atoms with Crippen LogP contribution < -0.4 is 10.5 Å². The molecule has 0 fully saturated rings. The number of aryl methyl sites for hydroxylation is 2. The standard InChI is InChI=1S/C14H17N3O3/c1-9-7-10(17(2)16-9)8-20-14(18)11-5-4-6-12(19-3)13(11)15/h4-7H,8,15H2,1-3H3. The van der Waals surface area contributed by atoms with Gasteiger partial charge in [0.25, 0.3) is 0 Å². The monoisotopic (exact) mass is 275 g/mol. The number of methoxy groups -OCH3 is 1. The second kappa shape index (κ2) is 5.64. The van der Waals surface area contributed by atoms with E-state index in [0.717, 1.165) is 11.4 Å². The van der Waals surface area contributed by atoms with Crippen LogP contribution in [0.15, 0.2) is 24.3 Å². The summed E-state index contributed by atoms with van der Waals surface area (Å²) in [6.45, 7) is 2.03. The van der Waals surface area contributed by atoms with Crippen molar-refractivity contribution in [1.82, 2.24) is 9.78 Å². The fraction of sp³-hybridized carbons (Fsp3) is 0.286. The van der Waals surface area contributed by atoms with Gasteiger partial charge in [-0.1, -0.05) is 6.07 Å². The molecule has 1 aromatic carbocycles. The zero-order valence-corrected chi connectivity index (χ0v) is 11.7. The Kier molecular flexibility index (Phi) is 3.93. The number of ether oxygens (including phenoxy) is 2. The Morgan fingerprint density at radius 1 is 1.45 bits per heavy atom. The molecule has 0 bridgehead atoms. The summed E-state index contributed by atoms with van der Waals surface area (Å²) in [6, 6.07) is 6.85. The smallest absolute Gasteiger partial charge is 0.340 e. The number of benzene rings is 1. The summed E-state index contributed by atoms with van der Waals surface area (Å²) in [5, 5.41) is 4.19. The molecule has 0 saturated heterocycles. The topological polar surface area (TPSA) is 79.4 Å². The van der Waals surface area contributed by atoms with Gasteiger partial charge >= 0.3 is 5.97 Å². The molecule has 0 unspecified atom stereocenters. The predicted molar refractivity (Wildman–Crippen MR) is 74.5 cm³/mol. The Morgan fingerprint density at radius 3 is 2.80 bits per heavy atom. The number of esters is 1. The third-order valence-corrected chi connectivity index (χ3v) is 2.96. The van der Waals surface area contributed by atoms with E-state index in [4.69, 9.17) is 15.2 Å². The molecule has 6 heteroatoms. The average Bonchev–Trinajstić information content (AvgIpc) is 2.74. The van der Waals surface area contributed by atoms with Crippen LogP contribution in [0.1, 0.15) is 21.7 Å². The van der Waals surface area contributed by atoms with E-state index < -0.39 is 5.97 Å². The lowest BCUT2D eigenvalue weighted by atomic mass is 10.1. The number of hydrogen-bond donors (Lipinski definition) is 1. The van der Waals surface area contributed by atoms with Crippen LogP contribution in [0.3, 0.4) is 0 Å². The molecule has 0 spiro atoms. The second-order valence-corrected chi connectivity index (χ2v) is 4.40. The molecule has 2 aromatic rings. The first-order valence-corrected chi connectivity index (χ1v) is 6.12. The van der Waals surface area contributed by atoms with Gasteiger partial charge in [0.15, 0.2) is 0 Å². The van der Waals surface area contributed by atoms with Gasteiger partial charge in [0, 0.05) is 7.05 Å². The normalized spacial score (nSPS) is 10.3. The predicted octanol–water partition coefficient (Wildman–Crippen LogP) is 1.68. The van der Waals surface area contributed by atoms with Crippen molar-refractivity contribution in [3.63, 3.8) is 0 Å². The number of hydrogen-bond acceptors (Lipinski definition) is 5. The SMILES string of the molecule is COc1cccc(C(=O)OCc2cc(C)nn2C)c1N. The van der Waals surface area contributed by atoms with Gasteiger partial charge in [-0.2, -0.15) is 5.10 Å². The summed E-state index contributed by atoms with van der Waals surface area (Å²) >= 11 is 0. The maximum atomic E-state index is 12.0. The van der Waals surface area contributed by atoms with Crippen molar-refractivity contribution >= 4 is 11.7 Å². The molecule has 0 aliphatic heterocycles. The van der Waals surface area contributed by atoms with Crippen LogP contribution in [0.25, 0.3) is 0 Å². The molecule has 2 N–H and O–H groups in total. The Labute approximate surface area is 117 Å². The summed E-state index contributed by atoms with van der Waals surface area (Å²) in [5.41, 5.74) is 8.12. The number of nitrogen functional groups attached to an aromatic ring is 1. The molecule has 0 aliphatic carbocycles. The molecule has 6 nitrogen and oxygen atoms in total. The molecular formula is C14H17N3O3. The van der Waals surface area contributed by atoms with Crippen LogP contribution in [0.2, 0.25) is 0 Å². The third kappa shape index (κ3) is 2.74. The number of para-hydroxylation sites is 1. The van der Waals surface area contributed by atoms with E-state index in [1.807, 2.05) is 13.0 Å². The van der Waals surface area contributed by atoms with Gasteiger partial charge in [-0.05, 0) is 25.1 Å². The van der Waals surface area contributed by atoms with Crippen LogP contribution in [-0.4, -0.2) is 22.9 Å². The van der Waals surface area contributed by atoms with Crippen molar-refractivity contribution in [2.75, 3.05) is 12.8 Å². The van der Waals surface area contributed by atoms with Gasteiger partial charge in [0.2, 0.25) is 0 Å². The molecule has 0 aliphatic rings. The van der Waals surface area contributed by atoms with Crippen LogP contribution >= 0.6 is 0 Å². The van der Waals surface area contributed by atoms with Crippen molar-refractivity contribution in [3.8, 4) is 5.75 Å². The van der Waals surface area contributed by atoms with E-state index in [2.05, 4.69) is 5.10 Å². The minimum Gasteiger partial charge on any atom is -0.495 e. The largest absolute Gasteiger partial charge is 0.495 e. The molecule has 20 heavy (non-hydrogen) atoms. The van der Waals surface area contributed by atoms with Gasteiger partial charge in [-0.15, -0.1) is 0 Å². The number of nitrogens with two attached hydrogens (primary N) is 1. The third-order valence-electron chi connectivity index (χ3n) is 2.96. The van der Waals surface area contributed by atoms with Gasteiger partial charge < -0.3 is 15.2 Å². The van der Waals surface area contributed by atoms with Crippen molar-refractivity contribution in [3.05, 3.63) is 41.2 Å². The highest BCUT2D eigenvalue weighted by Crippen LogP contribution is 2.25. The fourth-order valence-electron chi connectivity index (χ4n) is 1.92. The number of aromatic nitrogens is 2. The van der Waals surface area contributed by atoms with E-state index in [1.54, 1.807) is 29.9 Å². The van der Waals surface area contributed by atoms with Crippen molar-refractivity contribution < 1.29 is 14.3 Å². The maximum absolute atomic E-state index is 12.0. The number of carbonyl (C=O) groups excluding carboxylic acids is 1. The summed E-state index contributed by atoms with van der Waals surface area (Å²) < 4.78 is 12.0. The molecule has 0 amide bonds. The summed E-state index contributed by atoms with van der Waals surface area (Å²) in [6.07, 6.45) is 0. The molecule has 106 valence electrons. The first kappa shape index (κ1) is 13.9. The molecule has 1 aromatic heterocycles. The van der Waals surface area contributed by atoms with Gasteiger partial charge in [-0.25, -0.2) is 4.79 Å². The van der Waals surface area contributed by atoms with Gasteiger partial charge in [0.05, 0.1) is 29.7 Å². The Balaban J connectivity index is 2.11. The maximum Gasteiger partial charge on any atom is 0.340 e. The highest BCUT2D eigenvalue weighted by atomic mass is 16.5. The zero-order valence-electron chi connectivity index (χ0n) is 11.7. The summed E-state index contributed by atoms with van der Waals surface area (Å²) in [5.74, 6) is -0.0314. The fourth-order valence-corrected chi connectivity index (χ4v) is 1.92. The van der Waals surface area contributed by atoms with E-state index in [1.165, 1.54) is 7.11 Å². The van der Waals surface area contributed by atoms with Gasteiger partial charge in [0.1, 0.15) is 12.4 Å². The highest BCUT2D eigenvalue weighted by Gasteiger charge is 2.15. The molecule has 2 rings (SSSR count). The van der Waals surface area contributed by atoms with Crippen LogP contribution in [0, 0.1) is 6.92 Å². The number of rotatable bonds is 4. The number of nitrogens with zero attached hydrogens (tertiary/aromatic N) is 2. The summed E-state index contributed by atoms with van der Waals surface area (Å²) in [7, 11) is 3.30. The lowest BCUT2D eigenvalue weighted by Crippen LogP contribution is -2.10. The quantitative estimate of drug-likeness (QED) is 0.678. The highest BCUT2D eigenvalue weighted by molar-refractivity contribution is 5.96. The Bertz CT molecular complexity index is 635. The van der Waals surface area contributed by atoms with Crippen LogP contribution in [0.4, 0.5) is 5.69 Å².